The van der Waals surface area contributed by atoms with Gasteiger partial charge in [-0.3, -0.25) is 0 Å². The van der Waals surface area contributed by atoms with E-state index >= 15 is 0 Å². The van der Waals surface area contributed by atoms with Crippen molar-refractivity contribution in [3.05, 3.63) is 126 Å². The third-order valence-electron chi connectivity index (χ3n) is 9.22. The summed E-state index contributed by atoms with van der Waals surface area (Å²) in [6.07, 6.45) is 0. The van der Waals surface area contributed by atoms with Crippen molar-refractivity contribution >= 4 is 43.2 Å². The first-order chi connectivity index (χ1) is 19.4. The monoisotopic (exact) mass is 513 g/mol. The third-order valence-corrected chi connectivity index (χ3v) is 9.22. The average molecular weight is 514 g/mol. The van der Waals surface area contributed by atoms with Crippen molar-refractivity contribution < 1.29 is 0 Å². The molecule has 40 heavy (non-hydrogen) atoms. The van der Waals surface area contributed by atoms with Crippen LogP contribution in [0.15, 0.2) is 109 Å². The van der Waals surface area contributed by atoms with Crippen LogP contribution in [0.4, 0.5) is 0 Å². The molecule has 0 saturated heterocycles. The van der Waals surface area contributed by atoms with Crippen molar-refractivity contribution in [3.8, 4) is 22.4 Å². The maximum atomic E-state index is 5.13. The van der Waals surface area contributed by atoms with Gasteiger partial charge in [-0.2, -0.15) is 0 Å². The number of pyridine rings is 1. The van der Waals surface area contributed by atoms with Crippen LogP contribution in [0.2, 0.25) is 0 Å². The van der Waals surface area contributed by atoms with Crippen molar-refractivity contribution in [2.45, 2.75) is 39.0 Å². The Balaban J connectivity index is 1.37. The maximum Gasteiger partial charge on any atom is 0.0712 e. The normalized spacial score (nSPS) is 13.9. The van der Waals surface area contributed by atoms with E-state index < -0.39 is 0 Å². The lowest BCUT2D eigenvalue weighted by Gasteiger charge is -2.22. The molecule has 1 aliphatic carbocycles. The third kappa shape index (κ3) is 3.18. The predicted octanol–water partition coefficient (Wildman–Crippen LogP) is 10.8. The molecule has 7 aromatic rings. The highest BCUT2D eigenvalue weighted by Crippen LogP contribution is 2.52. The Morgan fingerprint density at radius 1 is 0.525 bits per heavy atom. The quantitative estimate of drug-likeness (QED) is 0.210. The van der Waals surface area contributed by atoms with Crippen LogP contribution in [0.5, 0.6) is 0 Å². The van der Waals surface area contributed by atoms with Crippen LogP contribution in [0.25, 0.3) is 65.6 Å². The summed E-state index contributed by atoms with van der Waals surface area (Å²) in [5.41, 5.74) is 10.0. The van der Waals surface area contributed by atoms with E-state index in [0.717, 1.165) is 11.2 Å². The van der Waals surface area contributed by atoms with Crippen molar-refractivity contribution in [2.75, 3.05) is 0 Å². The van der Waals surface area contributed by atoms with Gasteiger partial charge in [-0.05, 0) is 96.4 Å². The molecule has 1 nitrogen and oxygen atoms in total. The molecule has 0 fully saturated rings. The summed E-state index contributed by atoms with van der Waals surface area (Å²) in [5.74, 6) is 0.470. The molecule has 0 saturated carbocycles. The van der Waals surface area contributed by atoms with Gasteiger partial charge in [-0.25, -0.2) is 4.98 Å². The fourth-order valence-corrected chi connectivity index (χ4v) is 7.15. The molecule has 1 aromatic heterocycles. The van der Waals surface area contributed by atoms with E-state index in [1.807, 2.05) is 0 Å². The second kappa shape index (κ2) is 8.26. The number of rotatable bonds is 2. The van der Waals surface area contributed by atoms with E-state index in [2.05, 4.69) is 137 Å². The molecule has 0 aliphatic heterocycles. The molecule has 0 unspecified atom stereocenters. The highest BCUT2D eigenvalue weighted by Gasteiger charge is 2.36. The summed E-state index contributed by atoms with van der Waals surface area (Å²) >= 11 is 0. The fourth-order valence-electron chi connectivity index (χ4n) is 7.15. The number of hydrogen-bond acceptors (Lipinski definition) is 1. The molecule has 1 heteroatoms. The van der Waals surface area contributed by atoms with E-state index in [-0.39, 0.29) is 5.41 Å². The van der Waals surface area contributed by atoms with Crippen LogP contribution in [0.3, 0.4) is 0 Å². The zero-order valence-electron chi connectivity index (χ0n) is 23.4. The minimum atomic E-state index is -0.0763. The first kappa shape index (κ1) is 23.4. The SMILES string of the molecule is CC(C)c1cccc2nc(-c3ccc4c(c3)-c3cc5c6ccccc6c6ccccc6c5cc3C4(C)C)ccc12. The maximum absolute atomic E-state index is 5.13. The molecule has 0 N–H and O–H groups in total. The average Bonchev–Trinajstić information content (AvgIpc) is 3.21. The lowest BCUT2D eigenvalue weighted by Crippen LogP contribution is -2.14. The summed E-state index contributed by atoms with van der Waals surface area (Å²) in [6, 6.07) is 40.5. The molecule has 6 aromatic carbocycles. The van der Waals surface area contributed by atoms with E-state index in [1.54, 1.807) is 0 Å². The van der Waals surface area contributed by atoms with Crippen LogP contribution in [0, 0.1) is 0 Å². The molecule has 0 bridgehead atoms. The summed E-state index contributed by atoms with van der Waals surface area (Å²) in [5, 5.41) is 9.20. The first-order valence-corrected chi connectivity index (χ1v) is 14.3. The summed E-state index contributed by atoms with van der Waals surface area (Å²) in [4.78, 5) is 5.13. The molecular formula is C39H31N. The van der Waals surface area contributed by atoms with Gasteiger partial charge in [0.05, 0.1) is 11.2 Å². The smallest absolute Gasteiger partial charge is 0.0712 e. The largest absolute Gasteiger partial charge is 0.248 e. The summed E-state index contributed by atoms with van der Waals surface area (Å²) in [6.45, 7) is 9.23. The molecule has 1 aliphatic rings. The Hall–Kier alpha value is -4.49. The van der Waals surface area contributed by atoms with Crippen LogP contribution >= 0.6 is 0 Å². The summed E-state index contributed by atoms with van der Waals surface area (Å²) < 4.78 is 0. The van der Waals surface area contributed by atoms with E-state index in [4.69, 9.17) is 4.98 Å². The molecule has 8 rings (SSSR count). The molecule has 0 amide bonds. The van der Waals surface area contributed by atoms with Gasteiger partial charge < -0.3 is 0 Å². The number of aromatic nitrogens is 1. The predicted molar refractivity (Wildman–Crippen MR) is 171 cm³/mol. The first-order valence-electron chi connectivity index (χ1n) is 14.3. The van der Waals surface area contributed by atoms with Crippen LogP contribution in [-0.4, -0.2) is 4.98 Å². The van der Waals surface area contributed by atoms with Crippen molar-refractivity contribution in [1.82, 2.24) is 4.98 Å². The van der Waals surface area contributed by atoms with Gasteiger partial charge in [0.15, 0.2) is 0 Å². The zero-order chi connectivity index (χ0) is 27.2. The number of nitrogens with zero attached hydrogens (tertiary/aromatic N) is 1. The molecule has 1 heterocycles. The summed E-state index contributed by atoms with van der Waals surface area (Å²) in [7, 11) is 0. The Morgan fingerprint density at radius 2 is 1.15 bits per heavy atom. The second-order valence-corrected chi connectivity index (χ2v) is 12.2. The Bertz CT molecular complexity index is 2160. The molecule has 0 spiro atoms. The van der Waals surface area contributed by atoms with E-state index in [9.17, 15) is 0 Å². The number of hydrogen-bond donors (Lipinski definition) is 0. The van der Waals surface area contributed by atoms with Crippen molar-refractivity contribution in [2.24, 2.45) is 0 Å². The van der Waals surface area contributed by atoms with Crippen LogP contribution in [0.1, 0.15) is 50.3 Å². The van der Waals surface area contributed by atoms with E-state index in [0.29, 0.717) is 5.92 Å². The highest BCUT2D eigenvalue weighted by molar-refractivity contribution is 6.26. The fraction of sp³-hybridized carbons (Fsp3) is 0.154. The lowest BCUT2D eigenvalue weighted by molar-refractivity contribution is 0.661. The Morgan fingerprint density at radius 3 is 1.82 bits per heavy atom. The molecule has 0 radical (unpaired) electrons. The van der Waals surface area contributed by atoms with Gasteiger partial charge in [0.25, 0.3) is 0 Å². The minimum Gasteiger partial charge on any atom is -0.248 e. The zero-order valence-corrected chi connectivity index (χ0v) is 23.4. The Labute approximate surface area is 235 Å². The van der Waals surface area contributed by atoms with Gasteiger partial charge in [0, 0.05) is 16.4 Å². The topological polar surface area (TPSA) is 12.9 Å². The molecular weight excluding hydrogens is 482 g/mol. The number of benzene rings is 6. The van der Waals surface area contributed by atoms with Crippen LogP contribution in [-0.2, 0) is 5.41 Å². The lowest BCUT2D eigenvalue weighted by atomic mass is 9.81. The van der Waals surface area contributed by atoms with Gasteiger partial charge in [0.2, 0.25) is 0 Å². The Kier molecular flexibility index (Phi) is 4.83. The van der Waals surface area contributed by atoms with Crippen molar-refractivity contribution in [3.63, 3.8) is 0 Å². The minimum absolute atomic E-state index is 0.0763. The number of fused-ring (bicyclic) bond motifs is 10. The van der Waals surface area contributed by atoms with Gasteiger partial charge >= 0.3 is 0 Å². The standard InChI is InChI=1S/C39H31N/c1-23(2)25-14-9-15-38-30(25)17-19-37(40-38)24-16-18-35-33(20-24)34-21-31-28-12-7-5-10-26(28)27-11-6-8-13-29(27)32(31)22-36(34)39(35,3)4/h5-23H,1-4H3. The highest BCUT2D eigenvalue weighted by atomic mass is 14.7. The van der Waals surface area contributed by atoms with Crippen molar-refractivity contribution in [1.29, 1.82) is 0 Å². The van der Waals surface area contributed by atoms with Gasteiger partial charge in [0.1, 0.15) is 0 Å². The van der Waals surface area contributed by atoms with E-state index in [1.165, 1.54) is 71.1 Å². The second-order valence-electron chi connectivity index (χ2n) is 12.2. The molecule has 192 valence electrons. The van der Waals surface area contributed by atoms with Gasteiger partial charge in [-0.15, -0.1) is 0 Å². The molecule has 0 atom stereocenters. The van der Waals surface area contributed by atoms with Crippen LogP contribution < -0.4 is 0 Å². The van der Waals surface area contributed by atoms with Gasteiger partial charge in [-0.1, -0.05) is 107 Å².